The van der Waals surface area contributed by atoms with Crippen molar-refractivity contribution < 1.29 is 0 Å². The molecule has 0 aromatic carbocycles. The first-order valence-corrected chi connectivity index (χ1v) is 9.55. The number of hydrogen-bond acceptors (Lipinski definition) is 2. The fraction of sp³-hybridized carbons (Fsp3) is 1.00. The SMILES string of the molecule is CCCNC1CCC(C)(C)CC1N(CC1CC1)CC1CC1. The predicted octanol–water partition coefficient (Wildman–Crippen LogP) is 4.06. The lowest BCUT2D eigenvalue weighted by molar-refractivity contribution is 0.0582. The van der Waals surface area contributed by atoms with E-state index in [2.05, 4.69) is 31.0 Å². The molecule has 3 aliphatic carbocycles. The maximum atomic E-state index is 3.89. The van der Waals surface area contributed by atoms with Gasteiger partial charge >= 0.3 is 0 Å². The molecule has 3 aliphatic rings. The van der Waals surface area contributed by atoms with Crippen LogP contribution >= 0.6 is 0 Å². The summed E-state index contributed by atoms with van der Waals surface area (Å²) in [6, 6.07) is 1.54. The summed E-state index contributed by atoms with van der Waals surface area (Å²) < 4.78 is 0. The van der Waals surface area contributed by atoms with Gasteiger partial charge in [0.15, 0.2) is 0 Å². The van der Waals surface area contributed by atoms with Crippen molar-refractivity contribution in [3.63, 3.8) is 0 Å². The van der Waals surface area contributed by atoms with E-state index in [1.54, 1.807) is 0 Å². The molecule has 2 atom stereocenters. The molecule has 0 bridgehead atoms. The molecule has 3 rings (SSSR count). The first kappa shape index (κ1) is 15.8. The Balaban J connectivity index is 1.66. The Morgan fingerprint density at radius 3 is 2.14 bits per heavy atom. The van der Waals surface area contributed by atoms with E-state index in [0.717, 1.165) is 23.9 Å². The van der Waals surface area contributed by atoms with E-state index in [9.17, 15) is 0 Å². The van der Waals surface area contributed by atoms with Crippen LogP contribution < -0.4 is 5.32 Å². The van der Waals surface area contributed by atoms with Crippen LogP contribution in [0.2, 0.25) is 0 Å². The first-order chi connectivity index (χ1) is 10.1. The molecular formula is C19H36N2. The second-order valence-electron chi connectivity index (χ2n) is 8.88. The van der Waals surface area contributed by atoms with Crippen LogP contribution in [0.3, 0.4) is 0 Å². The number of nitrogens with zero attached hydrogens (tertiary/aromatic N) is 1. The summed E-state index contributed by atoms with van der Waals surface area (Å²) in [6.45, 7) is 11.2. The van der Waals surface area contributed by atoms with Gasteiger partial charge in [-0.05, 0) is 75.2 Å². The predicted molar refractivity (Wildman–Crippen MR) is 90.5 cm³/mol. The normalized spacial score (nSPS) is 32.6. The van der Waals surface area contributed by atoms with Gasteiger partial charge in [-0.3, -0.25) is 4.90 Å². The van der Waals surface area contributed by atoms with E-state index in [1.165, 1.54) is 71.0 Å². The Morgan fingerprint density at radius 1 is 1.00 bits per heavy atom. The highest BCUT2D eigenvalue weighted by Gasteiger charge is 2.40. The smallest absolute Gasteiger partial charge is 0.0254 e. The van der Waals surface area contributed by atoms with Crippen molar-refractivity contribution in [1.29, 1.82) is 0 Å². The number of nitrogens with one attached hydrogen (secondary N) is 1. The Hall–Kier alpha value is -0.0800. The summed E-state index contributed by atoms with van der Waals surface area (Å²) in [4.78, 5) is 2.92. The third-order valence-corrected chi connectivity index (χ3v) is 5.86. The van der Waals surface area contributed by atoms with Crippen LogP contribution in [0.1, 0.15) is 72.1 Å². The zero-order valence-electron chi connectivity index (χ0n) is 14.5. The molecule has 0 aromatic heterocycles. The average molecular weight is 293 g/mol. The van der Waals surface area contributed by atoms with Crippen molar-refractivity contribution in [1.82, 2.24) is 10.2 Å². The summed E-state index contributed by atoms with van der Waals surface area (Å²) in [6.07, 6.45) is 11.4. The monoisotopic (exact) mass is 292 g/mol. The van der Waals surface area contributed by atoms with Gasteiger partial charge in [0.1, 0.15) is 0 Å². The molecule has 0 aromatic rings. The van der Waals surface area contributed by atoms with Crippen LogP contribution in [0.4, 0.5) is 0 Å². The van der Waals surface area contributed by atoms with E-state index in [4.69, 9.17) is 0 Å². The Kier molecular flexibility index (Phi) is 4.95. The van der Waals surface area contributed by atoms with Crippen LogP contribution in [0.25, 0.3) is 0 Å². The molecule has 0 heterocycles. The highest BCUT2D eigenvalue weighted by Crippen LogP contribution is 2.41. The molecule has 2 nitrogen and oxygen atoms in total. The summed E-state index contributed by atoms with van der Waals surface area (Å²) in [5, 5.41) is 3.89. The van der Waals surface area contributed by atoms with E-state index in [-0.39, 0.29) is 0 Å². The molecule has 2 unspecified atom stereocenters. The maximum absolute atomic E-state index is 3.89. The summed E-state index contributed by atoms with van der Waals surface area (Å²) in [5.41, 5.74) is 0.542. The molecule has 122 valence electrons. The van der Waals surface area contributed by atoms with Gasteiger partial charge in [0.05, 0.1) is 0 Å². The molecule has 0 amide bonds. The van der Waals surface area contributed by atoms with Crippen molar-refractivity contribution in [3.8, 4) is 0 Å². The lowest BCUT2D eigenvalue weighted by Crippen LogP contribution is -2.55. The third kappa shape index (κ3) is 4.69. The Bertz CT molecular complexity index is 316. The van der Waals surface area contributed by atoms with Crippen LogP contribution in [0.5, 0.6) is 0 Å². The second kappa shape index (κ2) is 6.58. The lowest BCUT2D eigenvalue weighted by atomic mass is 9.72. The fourth-order valence-corrected chi connectivity index (χ4v) is 4.11. The maximum Gasteiger partial charge on any atom is 0.0254 e. The van der Waals surface area contributed by atoms with E-state index in [1.807, 2.05) is 0 Å². The minimum absolute atomic E-state index is 0.542. The van der Waals surface area contributed by atoms with Gasteiger partial charge in [0, 0.05) is 25.2 Å². The molecule has 0 saturated heterocycles. The van der Waals surface area contributed by atoms with E-state index >= 15 is 0 Å². The van der Waals surface area contributed by atoms with Crippen LogP contribution in [-0.4, -0.2) is 36.6 Å². The van der Waals surface area contributed by atoms with Crippen molar-refractivity contribution >= 4 is 0 Å². The highest BCUT2D eigenvalue weighted by molar-refractivity contribution is 4.97. The van der Waals surface area contributed by atoms with Crippen LogP contribution in [0, 0.1) is 17.3 Å². The minimum atomic E-state index is 0.542. The molecule has 0 aliphatic heterocycles. The largest absolute Gasteiger partial charge is 0.312 e. The van der Waals surface area contributed by atoms with Crippen LogP contribution in [0.15, 0.2) is 0 Å². The molecule has 3 fully saturated rings. The third-order valence-electron chi connectivity index (χ3n) is 5.86. The number of hydrogen-bond donors (Lipinski definition) is 1. The quantitative estimate of drug-likeness (QED) is 0.726. The fourth-order valence-electron chi connectivity index (χ4n) is 4.11. The topological polar surface area (TPSA) is 15.3 Å². The van der Waals surface area contributed by atoms with Gasteiger partial charge in [-0.2, -0.15) is 0 Å². The van der Waals surface area contributed by atoms with Crippen molar-refractivity contribution in [2.75, 3.05) is 19.6 Å². The molecule has 2 heteroatoms. The standard InChI is InChI=1S/C19H36N2/c1-4-11-20-17-9-10-19(2,3)12-18(17)21(13-15-5-6-15)14-16-7-8-16/h15-18,20H,4-14H2,1-3H3. The zero-order chi connectivity index (χ0) is 14.9. The first-order valence-electron chi connectivity index (χ1n) is 9.55. The molecule has 1 N–H and O–H groups in total. The van der Waals surface area contributed by atoms with Gasteiger partial charge in [0.2, 0.25) is 0 Å². The molecule has 21 heavy (non-hydrogen) atoms. The minimum Gasteiger partial charge on any atom is -0.312 e. The number of rotatable bonds is 8. The molecular weight excluding hydrogens is 256 g/mol. The van der Waals surface area contributed by atoms with Crippen molar-refractivity contribution in [3.05, 3.63) is 0 Å². The summed E-state index contributed by atoms with van der Waals surface area (Å²) in [7, 11) is 0. The van der Waals surface area contributed by atoms with Crippen LogP contribution in [-0.2, 0) is 0 Å². The van der Waals surface area contributed by atoms with E-state index < -0.39 is 0 Å². The summed E-state index contributed by atoms with van der Waals surface area (Å²) >= 11 is 0. The Morgan fingerprint density at radius 2 is 1.62 bits per heavy atom. The van der Waals surface area contributed by atoms with Crippen molar-refractivity contribution in [2.45, 2.75) is 84.2 Å². The van der Waals surface area contributed by atoms with Gasteiger partial charge in [0.25, 0.3) is 0 Å². The summed E-state index contributed by atoms with van der Waals surface area (Å²) in [5.74, 6) is 2.06. The van der Waals surface area contributed by atoms with Gasteiger partial charge in [-0.15, -0.1) is 0 Å². The molecule has 0 radical (unpaired) electrons. The average Bonchev–Trinajstić information content (AvgIpc) is 3.31. The van der Waals surface area contributed by atoms with Gasteiger partial charge in [-0.25, -0.2) is 0 Å². The zero-order valence-corrected chi connectivity index (χ0v) is 14.5. The Labute approximate surface area is 132 Å². The lowest BCUT2D eigenvalue weighted by Gasteiger charge is -2.46. The second-order valence-corrected chi connectivity index (χ2v) is 8.88. The van der Waals surface area contributed by atoms with Gasteiger partial charge < -0.3 is 5.32 Å². The molecule has 0 spiro atoms. The molecule has 3 saturated carbocycles. The van der Waals surface area contributed by atoms with E-state index in [0.29, 0.717) is 5.41 Å². The highest BCUT2D eigenvalue weighted by atomic mass is 15.2. The van der Waals surface area contributed by atoms with Gasteiger partial charge in [-0.1, -0.05) is 20.8 Å². The van der Waals surface area contributed by atoms with Crippen molar-refractivity contribution in [2.24, 2.45) is 17.3 Å².